The van der Waals surface area contributed by atoms with E-state index >= 15 is 0 Å². The molecule has 1 aromatic heterocycles. The van der Waals surface area contributed by atoms with Gasteiger partial charge in [-0.1, -0.05) is 45.7 Å². The van der Waals surface area contributed by atoms with Crippen LogP contribution < -0.4 is 5.32 Å². The smallest absolute Gasteiger partial charge is 0.254 e. The summed E-state index contributed by atoms with van der Waals surface area (Å²) in [6.45, 7) is 3.75. The molecule has 5 heteroatoms. The van der Waals surface area contributed by atoms with E-state index in [0.717, 1.165) is 15.7 Å². The molecule has 0 bridgehead atoms. The first-order chi connectivity index (χ1) is 9.49. The van der Waals surface area contributed by atoms with Gasteiger partial charge in [0.15, 0.2) is 0 Å². The molecule has 0 spiro atoms. The zero-order chi connectivity index (χ0) is 14.7. The molecule has 1 heterocycles. The Morgan fingerprint density at radius 1 is 1.40 bits per heavy atom. The second-order valence-corrected chi connectivity index (χ2v) is 5.78. The Labute approximate surface area is 131 Å². The minimum absolute atomic E-state index is 0.129. The Bertz CT molecular complexity index is 646. The monoisotopic (exact) mass is 352 g/mol. The number of rotatable bonds is 3. The van der Waals surface area contributed by atoms with E-state index in [1.807, 2.05) is 38.1 Å². The average Bonchev–Trinajstić information content (AvgIpc) is 2.38. The van der Waals surface area contributed by atoms with Crippen molar-refractivity contribution < 1.29 is 4.79 Å². The summed E-state index contributed by atoms with van der Waals surface area (Å²) in [4.78, 5) is 16.3. The number of pyridine rings is 1. The molecule has 1 unspecified atom stereocenters. The van der Waals surface area contributed by atoms with E-state index in [0.29, 0.717) is 10.6 Å². The van der Waals surface area contributed by atoms with Crippen molar-refractivity contribution in [2.24, 2.45) is 0 Å². The zero-order valence-corrected chi connectivity index (χ0v) is 13.5. The van der Waals surface area contributed by atoms with Gasteiger partial charge in [-0.15, -0.1) is 0 Å². The Balaban J connectivity index is 2.17. The van der Waals surface area contributed by atoms with Crippen LogP contribution in [0.2, 0.25) is 5.02 Å². The van der Waals surface area contributed by atoms with E-state index in [9.17, 15) is 4.79 Å². The molecular formula is C15H14BrClN2O. The number of carbonyl (C=O) groups excluding carboxylic acids is 1. The summed E-state index contributed by atoms with van der Waals surface area (Å²) in [7, 11) is 0. The summed E-state index contributed by atoms with van der Waals surface area (Å²) in [5, 5.41) is 3.33. The van der Waals surface area contributed by atoms with E-state index in [1.165, 1.54) is 6.20 Å². The lowest BCUT2D eigenvalue weighted by molar-refractivity contribution is 0.0939. The third-order valence-corrected chi connectivity index (χ3v) is 3.99. The van der Waals surface area contributed by atoms with Crippen molar-refractivity contribution in [1.29, 1.82) is 0 Å². The minimum Gasteiger partial charge on any atom is -0.345 e. The van der Waals surface area contributed by atoms with Crippen molar-refractivity contribution in [3.63, 3.8) is 0 Å². The summed E-state index contributed by atoms with van der Waals surface area (Å²) in [6.07, 6.45) is 1.50. The highest BCUT2D eigenvalue weighted by atomic mass is 79.9. The van der Waals surface area contributed by atoms with Crippen LogP contribution in [0.3, 0.4) is 0 Å². The topological polar surface area (TPSA) is 42.0 Å². The van der Waals surface area contributed by atoms with Crippen LogP contribution >= 0.6 is 27.5 Å². The van der Waals surface area contributed by atoms with Crippen molar-refractivity contribution >= 4 is 33.4 Å². The summed E-state index contributed by atoms with van der Waals surface area (Å²) >= 11 is 9.55. The molecule has 0 saturated carbocycles. The van der Waals surface area contributed by atoms with Gasteiger partial charge in [0.05, 0.1) is 16.6 Å². The molecule has 0 aliphatic rings. The quantitative estimate of drug-likeness (QED) is 0.894. The van der Waals surface area contributed by atoms with Crippen LogP contribution in [0.15, 0.2) is 41.0 Å². The molecule has 3 nitrogen and oxygen atoms in total. The summed E-state index contributed by atoms with van der Waals surface area (Å²) < 4.78 is 0.959. The lowest BCUT2D eigenvalue weighted by Crippen LogP contribution is -2.27. The average molecular weight is 354 g/mol. The first kappa shape index (κ1) is 15.0. The fourth-order valence-electron chi connectivity index (χ4n) is 1.87. The molecular weight excluding hydrogens is 340 g/mol. The molecule has 2 rings (SSSR count). The molecule has 0 fully saturated rings. The van der Waals surface area contributed by atoms with Crippen LogP contribution in [0.5, 0.6) is 0 Å². The first-order valence-corrected chi connectivity index (χ1v) is 7.33. The number of aryl methyl sites for hydroxylation is 1. The summed E-state index contributed by atoms with van der Waals surface area (Å²) in [5.41, 5.74) is 2.18. The van der Waals surface area contributed by atoms with Crippen molar-refractivity contribution in [1.82, 2.24) is 10.3 Å². The van der Waals surface area contributed by atoms with E-state index in [4.69, 9.17) is 11.6 Å². The second-order valence-electron chi connectivity index (χ2n) is 4.52. The molecule has 1 N–H and O–H groups in total. The standard InChI is InChI=1S/C15H14BrClN2O/c1-9-7-14(17)12(8-18-9)15(20)19-10(2)11-5-3-4-6-13(11)16/h3-8,10H,1-2H3,(H,19,20). The maximum atomic E-state index is 12.2. The number of halogens is 2. The van der Waals surface area contributed by atoms with E-state index in [1.54, 1.807) is 6.07 Å². The molecule has 2 aromatic rings. The Kier molecular flexibility index (Phi) is 4.78. The van der Waals surface area contributed by atoms with Gasteiger partial charge in [-0.05, 0) is 31.5 Å². The van der Waals surface area contributed by atoms with E-state index < -0.39 is 0 Å². The van der Waals surface area contributed by atoms with Gasteiger partial charge in [-0.25, -0.2) is 0 Å². The number of nitrogens with one attached hydrogen (secondary N) is 1. The number of carbonyl (C=O) groups is 1. The highest BCUT2D eigenvalue weighted by molar-refractivity contribution is 9.10. The van der Waals surface area contributed by atoms with Crippen LogP contribution in [-0.2, 0) is 0 Å². The van der Waals surface area contributed by atoms with Gasteiger partial charge >= 0.3 is 0 Å². The highest BCUT2D eigenvalue weighted by Gasteiger charge is 2.16. The van der Waals surface area contributed by atoms with Gasteiger partial charge in [0.25, 0.3) is 5.91 Å². The molecule has 20 heavy (non-hydrogen) atoms. The third-order valence-electron chi connectivity index (χ3n) is 2.95. The number of hydrogen-bond donors (Lipinski definition) is 1. The van der Waals surface area contributed by atoms with Crippen LogP contribution in [0.1, 0.15) is 34.6 Å². The Hall–Kier alpha value is -1.39. The normalized spacial score (nSPS) is 12.0. The third kappa shape index (κ3) is 3.38. The molecule has 1 atom stereocenters. The fourth-order valence-corrected chi connectivity index (χ4v) is 2.79. The number of amides is 1. The van der Waals surface area contributed by atoms with Crippen LogP contribution in [-0.4, -0.2) is 10.9 Å². The second kappa shape index (κ2) is 6.37. The molecule has 0 radical (unpaired) electrons. The van der Waals surface area contributed by atoms with Crippen LogP contribution in [0.25, 0.3) is 0 Å². The molecule has 0 saturated heterocycles. The highest BCUT2D eigenvalue weighted by Crippen LogP contribution is 2.23. The molecule has 1 amide bonds. The number of aromatic nitrogens is 1. The lowest BCUT2D eigenvalue weighted by atomic mass is 10.1. The van der Waals surface area contributed by atoms with E-state index in [2.05, 4.69) is 26.2 Å². The van der Waals surface area contributed by atoms with Gasteiger partial charge < -0.3 is 5.32 Å². The largest absolute Gasteiger partial charge is 0.345 e. The van der Waals surface area contributed by atoms with Crippen LogP contribution in [0, 0.1) is 6.92 Å². The summed E-state index contributed by atoms with van der Waals surface area (Å²) in [6, 6.07) is 9.32. The molecule has 104 valence electrons. The fraction of sp³-hybridized carbons (Fsp3) is 0.200. The van der Waals surface area contributed by atoms with Gasteiger partial charge in [0, 0.05) is 16.4 Å². The molecule has 1 aromatic carbocycles. The van der Waals surface area contributed by atoms with Gasteiger partial charge in [0.1, 0.15) is 0 Å². The first-order valence-electron chi connectivity index (χ1n) is 6.16. The van der Waals surface area contributed by atoms with Gasteiger partial charge in [-0.2, -0.15) is 0 Å². The Morgan fingerprint density at radius 3 is 2.75 bits per heavy atom. The minimum atomic E-state index is -0.231. The van der Waals surface area contributed by atoms with Crippen LogP contribution in [0.4, 0.5) is 0 Å². The maximum absolute atomic E-state index is 12.2. The predicted molar refractivity (Wildman–Crippen MR) is 84.0 cm³/mol. The van der Waals surface area contributed by atoms with E-state index in [-0.39, 0.29) is 11.9 Å². The number of hydrogen-bond acceptors (Lipinski definition) is 2. The van der Waals surface area contributed by atoms with Crippen molar-refractivity contribution in [2.45, 2.75) is 19.9 Å². The van der Waals surface area contributed by atoms with Gasteiger partial charge in [0.2, 0.25) is 0 Å². The van der Waals surface area contributed by atoms with Crippen molar-refractivity contribution in [3.8, 4) is 0 Å². The predicted octanol–water partition coefficient (Wildman–Crippen LogP) is 4.30. The molecule has 0 aliphatic carbocycles. The number of nitrogens with zero attached hydrogens (tertiary/aromatic N) is 1. The van der Waals surface area contributed by atoms with Crippen molar-refractivity contribution in [3.05, 3.63) is 62.8 Å². The lowest BCUT2D eigenvalue weighted by Gasteiger charge is -2.16. The van der Waals surface area contributed by atoms with Crippen molar-refractivity contribution in [2.75, 3.05) is 0 Å². The number of benzene rings is 1. The SMILES string of the molecule is Cc1cc(Cl)c(C(=O)NC(C)c2ccccc2Br)cn1. The maximum Gasteiger partial charge on any atom is 0.254 e. The Morgan fingerprint density at radius 2 is 2.10 bits per heavy atom. The summed E-state index contributed by atoms with van der Waals surface area (Å²) in [5.74, 6) is -0.231. The zero-order valence-electron chi connectivity index (χ0n) is 11.2. The van der Waals surface area contributed by atoms with Gasteiger partial charge in [-0.3, -0.25) is 9.78 Å². The molecule has 0 aliphatic heterocycles.